The van der Waals surface area contributed by atoms with Crippen LogP contribution in [-0.2, 0) is 0 Å². The molecule has 0 unspecified atom stereocenters. The van der Waals surface area contributed by atoms with Gasteiger partial charge in [-0.3, -0.25) is 0 Å². The largest absolute Gasteiger partial charge is 0.267 e. The van der Waals surface area contributed by atoms with E-state index in [0.29, 0.717) is 5.57 Å². The summed E-state index contributed by atoms with van der Waals surface area (Å²) in [7, 11) is 0. The Hall–Kier alpha value is -2.39. The molecule has 1 rings (SSSR count). The first-order valence-electron chi connectivity index (χ1n) is 6.46. The Bertz CT molecular complexity index is 672. The summed E-state index contributed by atoms with van der Waals surface area (Å²) < 4.78 is 26.9. The van der Waals surface area contributed by atoms with Crippen LogP contribution in [0, 0.1) is 30.6 Å². The molecule has 0 atom stereocenters. The maximum absolute atomic E-state index is 13.5. The number of hydrogen-bond acceptors (Lipinski definition) is 1. The highest BCUT2D eigenvalue weighted by atomic mass is 19.3. The van der Waals surface area contributed by atoms with E-state index in [4.69, 9.17) is 6.42 Å². The number of nitriles is 1. The highest BCUT2D eigenvalue weighted by Crippen LogP contribution is 2.31. The molecule has 1 aromatic carbocycles. The maximum Gasteiger partial charge on any atom is 0.267 e. The molecule has 0 heterocycles. The molecule has 0 aliphatic carbocycles. The lowest BCUT2D eigenvalue weighted by molar-refractivity contribution is 0.0629. The van der Waals surface area contributed by atoms with Gasteiger partial charge in [-0.25, -0.2) is 8.78 Å². The summed E-state index contributed by atoms with van der Waals surface area (Å²) in [5.74, 6) is -0.698. The van der Waals surface area contributed by atoms with Gasteiger partial charge in [-0.05, 0) is 31.9 Å². The van der Waals surface area contributed by atoms with Crippen LogP contribution in [0.15, 0.2) is 41.0 Å². The highest BCUT2D eigenvalue weighted by Gasteiger charge is 2.28. The minimum atomic E-state index is -3.08. The van der Waals surface area contributed by atoms with E-state index in [1.54, 1.807) is 6.92 Å². The molecular weight excluding hydrogens is 268 g/mol. The number of benzene rings is 1. The van der Waals surface area contributed by atoms with E-state index in [2.05, 4.69) is 5.92 Å². The second-order valence-electron chi connectivity index (χ2n) is 5.01. The molecule has 0 aliphatic rings. The summed E-state index contributed by atoms with van der Waals surface area (Å²) in [4.78, 5) is 0. The van der Waals surface area contributed by atoms with Crippen molar-refractivity contribution >= 4 is 5.57 Å². The van der Waals surface area contributed by atoms with Crippen LogP contribution < -0.4 is 0 Å². The number of rotatable bonds is 3. The lowest BCUT2D eigenvalue weighted by Gasteiger charge is -2.15. The van der Waals surface area contributed by atoms with E-state index in [9.17, 15) is 14.0 Å². The number of nitrogens with zero attached hydrogens (tertiary/aromatic N) is 1. The molecule has 0 spiro atoms. The van der Waals surface area contributed by atoms with Crippen molar-refractivity contribution in [2.45, 2.75) is 33.6 Å². The zero-order valence-electron chi connectivity index (χ0n) is 12.6. The van der Waals surface area contributed by atoms with Gasteiger partial charge in [0.15, 0.2) is 0 Å². The van der Waals surface area contributed by atoms with E-state index < -0.39 is 5.92 Å². The Morgan fingerprint density at radius 1 is 1.14 bits per heavy atom. The van der Waals surface area contributed by atoms with Crippen LogP contribution in [0.4, 0.5) is 8.78 Å². The van der Waals surface area contributed by atoms with Gasteiger partial charge in [-0.2, -0.15) is 5.26 Å². The summed E-state index contributed by atoms with van der Waals surface area (Å²) in [5, 5.41) is 9.23. The summed E-state index contributed by atoms with van der Waals surface area (Å²) >= 11 is 0. The van der Waals surface area contributed by atoms with Crippen LogP contribution in [0.25, 0.3) is 5.57 Å². The molecule has 0 saturated carbocycles. The van der Waals surface area contributed by atoms with Crippen LogP contribution in [0.1, 0.15) is 31.9 Å². The van der Waals surface area contributed by atoms with Crippen molar-refractivity contribution in [2.24, 2.45) is 0 Å². The Morgan fingerprint density at radius 3 is 2.05 bits per heavy atom. The van der Waals surface area contributed by atoms with Gasteiger partial charge in [0.1, 0.15) is 6.07 Å². The van der Waals surface area contributed by atoms with Gasteiger partial charge in [-0.1, -0.05) is 35.7 Å². The molecule has 0 saturated heterocycles. The number of alkyl halides is 2. The van der Waals surface area contributed by atoms with Gasteiger partial charge in [0.2, 0.25) is 0 Å². The maximum atomic E-state index is 13.5. The van der Waals surface area contributed by atoms with Crippen molar-refractivity contribution in [3.8, 4) is 18.4 Å². The first-order valence-corrected chi connectivity index (χ1v) is 6.46. The minimum absolute atomic E-state index is 0.136. The lowest BCUT2D eigenvalue weighted by atomic mass is 9.92. The van der Waals surface area contributed by atoms with Crippen molar-refractivity contribution < 1.29 is 8.78 Å². The Morgan fingerprint density at radius 2 is 1.67 bits per heavy atom. The molecule has 0 fully saturated rings. The third-order valence-corrected chi connectivity index (χ3v) is 3.40. The number of aryl methyl sites for hydroxylation is 1. The van der Waals surface area contributed by atoms with Crippen molar-refractivity contribution in [1.29, 1.82) is 5.26 Å². The summed E-state index contributed by atoms with van der Waals surface area (Å²) in [6.45, 7) is 5.68. The predicted molar refractivity (Wildman–Crippen MR) is 81.5 cm³/mol. The second kappa shape index (κ2) is 6.37. The molecule has 108 valence electrons. The van der Waals surface area contributed by atoms with Crippen molar-refractivity contribution in [3.05, 3.63) is 52.1 Å². The van der Waals surface area contributed by atoms with E-state index in [1.807, 2.05) is 37.3 Å². The van der Waals surface area contributed by atoms with E-state index >= 15 is 0 Å². The van der Waals surface area contributed by atoms with Gasteiger partial charge in [0, 0.05) is 18.1 Å². The Kier molecular flexibility index (Phi) is 5.06. The molecule has 1 nitrogen and oxygen atoms in total. The van der Waals surface area contributed by atoms with Gasteiger partial charge < -0.3 is 0 Å². The number of allylic oxidation sites excluding steroid dienone is 4. The van der Waals surface area contributed by atoms with Gasteiger partial charge in [0.25, 0.3) is 5.92 Å². The zero-order valence-corrected chi connectivity index (χ0v) is 12.6. The fourth-order valence-corrected chi connectivity index (χ4v) is 1.86. The predicted octanol–water partition coefficient (Wildman–Crippen LogP) is 4.90. The molecule has 1 aromatic rings. The van der Waals surface area contributed by atoms with Crippen LogP contribution in [0.3, 0.4) is 0 Å². The van der Waals surface area contributed by atoms with Crippen LogP contribution in [0.5, 0.6) is 0 Å². The molecule has 0 radical (unpaired) electrons. The SMILES string of the molecule is C#CC(/C(C#N)=C(\C)C(C)(F)F)=C(/C)c1ccc(C)cc1. The van der Waals surface area contributed by atoms with Crippen molar-refractivity contribution in [2.75, 3.05) is 0 Å². The molecule has 0 amide bonds. The zero-order chi connectivity index (χ0) is 16.2. The lowest BCUT2D eigenvalue weighted by Crippen LogP contribution is -2.14. The molecule has 0 aliphatic heterocycles. The summed E-state index contributed by atoms with van der Waals surface area (Å²) in [6, 6.07) is 9.35. The first kappa shape index (κ1) is 16.7. The van der Waals surface area contributed by atoms with Crippen molar-refractivity contribution in [3.63, 3.8) is 0 Å². The standard InChI is InChI=1S/C18H17F2N/c1-6-16(17(11-21)14(4)18(5,19)20)13(3)15-9-7-12(2)8-10-15/h1,7-10H,2-5H3/b16-13+,17-14+. The topological polar surface area (TPSA) is 23.8 Å². The molecule has 0 aromatic heterocycles. The first-order chi connectivity index (χ1) is 9.72. The number of terminal acetylenes is 1. The van der Waals surface area contributed by atoms with Gasteiger partial charge in [0.05, 0.1) is 5.57 Å². The second-order valence-corrected chi connectivity index (χ2v) is 5.01. The third-order valence-electron chi connectivity index (χ3n) is 3.40. The quantitative estimate of drug-likeness (QED) is 0.440. The van der Waals surface area contributed by atoms with Crippen LogP contribution in [0.2, 0.25) is 0 Å². The molecule has 21 heavy (non-hydrogen) atoms. The smallest absolute Gasteiger partial charge is 0.202 e. The van der Waals surface area contributed by atoms with Gasteiger partial charge in [-0.15, -0.1) is 6.42 Å². The monoisotopic (exact) mass is 285 g/mol. The molecule has 0 bridgehead atoms. The van der Waals surface area contributed by atoms with E-state index in [-0.39, 0.29) is 16.7 Å². The Labute approximate surface area is 124 Å². The average molecular weight is 285 g/mol. The number of hydrogen-bond donors (Lipinski definition) is 0. The fraction of sp³-hybridized carbons (Fsp3) is 0.278. The van der Waals surface area contributed by atoms with E-state index in [0.717, 1.165) is 18.1 Å². The number of halogens is 2. The highest BCUT2D eigenvalue weighted by molar-refractivity contribution is 5.78. The minimum Gasteiger partial charge on any atom is -0.202 e. The average Bonchev–Trinajstić information content (AvgIpc) is 2.43. The molecule has 0 N–H and O–H groups in total. The third kappa shape index (κ3) is 3.80. The molecule has 3 heteroatoms. The van der Waals surface area contributed by atoms with Crippen LogP contribution in [-0.4, -0.2) is 5.92 Å². The normalized spacial score (nSPS) is 13.7. The fourth-order valence-electron chi connectivity index (χ4n) is 1.86. The molecular formula is C18H17F2N. The van der Waals surface area contributed by atoms with E-state index in [1.165, 1.54) is 6.92 Å². The Balaban J connectivity index is 3.55. The van der Waals surface area contributed by atoms with Crippen molar-refractivity contribution in [1.82, 2.24) is 0 Å². The van der Waals surface area contributed by atoms with Crippen LogP contribution >= 0.6 is 0 Å². The summed E-state index contributed by atoms with van der Waals surface area (Å²) in [5.41, 5.74) is 2.29. The van der Waals surface area contributed by atoms with Gasteiger partial charge >= 0.3 is 0 Å². The summed E-state index contributed by atoms with van der Waals surface area (Å²) in [6.07, 6.45) is 5.46.